The molecule has 212 valence electrons. The van der Waals surface area contributed by atoms with Crippen LogP contribution in [-0.4, -0.2) is 47.9 Å². The van der Waals surface area contributed by atoms with E-state index in [0.29, 0.717) is 24.4 Å². The van der Waals surface area contributed by atoms with Gasteiger partial charge < -0.3 is 19.4 Å². The van der Waals surface area contributed by atoms with Crippen LogP contribution < -0.4 is 10.1 Å². The van der Waals surface area contributed by atoms with Crippen molar-refractivity contribution in [3.05, 3.63) is 125 Å². The van der Waals surface area contributed by atoms with Gasteiger partial charge in [0, 0.05) is 44.3 Å². The zero-order chi connectivity index (χ0) is 28.6. The third kappa shape index (κ3) is 7.41. The predicted molar refractivity (Wildman–Crippen MR) is 154 cm³/mol. The van der Waals surface area contributed by atoms with Crippen LogP contribution in [-0.2, 0) is 19.6 Å². The van der Waals surface area contributed by atoms with Gasteiger partial charge in [0.25, 0.3) is 11.8 Å². The molecule has 0 spiro atoms. The molecule has 1 aromatic heterocycles. The molecule has 1 saturated heterocycles. The smallest absolute Gasteiger partial charge is 0.290 e. The molecule has 1 N–H and O–H groups in total. The van der Waals surface area contributed by atoms with Gasteiger partial charge in [-0.05, 0) is 78.1 Å². The number of benzene rings is 3. The molecule has 2 amide bonds. The van der Waals surface area contributed by atoms with Crippen LogP contribution in [0.2, 0.25) is 0 Å². The Balaban J connectivity index is 1.20. The number of nitrogens with one attached hydrogen (secondary N) is 1. The second-order valence-corrected chi connectivity index (χ2v) is 10.3. The maximum atomic E-state index is 13.5. The van der Waals surface area contributed by atoms with E-state index >= 15 is 0 Å². The number of rotatable bonds is 10. The molecule has 3 aromatic carbocycles. The number of likely N-dealkylation sites (tertiary alicyclic amines) is 1. The lowest BCUT2D eigenvalue weighted by molar-refractivity contribution is 0.0512. The lowest BCUT2D eigenvalue weighted by Gasteiger charge is -2.38. The van der Waals surface area contributed by atoms with Crippen molar-refractivity contribution in [2.24, 2.45) is 0 Å². The first-order chi connectivity index (χ1) is 20.0. The van der Waals surface area contributed by atoms with Crippen LogP contribution in [0, 0.1) is 5.82 Å². The molecule has 41 heavy (non-hydrogen) atoms. The summed E-state index contributed by atoms with van der Waals surface area (Å²) in [5, 5.41) is 2.95. The molecular weight excluding hydrogens is 521 g/mol. The van der Waals surface area contributed by atoms with Crippen molar-refractivity contribution in [3.63, 3.8) is 0 Å². The maximum absolute atomic E-state index is 13.5. The molecule has 0 saturated carbocycles. The molecule has 0 aliphatic carbocycles. The molecule has 0 atom stereocenters. The zero-order valence-corrected chi connectivity index (χ0v) is 23.1. The largest absolute Gasteiger partial charge is 0.497 e. The Morgan fingerprint density at radius 1 is 0.927 bits per heavy atom. The number of hydrogen-bond donors (Lipinski definition) is 1. The van der Waals surface area contributed by atoms with E-state index < -0.39 is 0 Å². The summed E-state index contributed by atoms with van der Waals surface area (Å²) in [4.78, 5) is 30.4. The first kappa shape index (κ1) is 28.1. The third-order valence-electron chi connectivity index (χ3n) is 7.49. The van der Waals surface area contributed by atoms with Crippen LogP contribution in [0.4, 0.5) is 4.39 Å². The van der Waals surface area contributed by atoms with Crippen molar-refractivity contribution in [3.8, 4) is 5.75 Å². The Hall–Kier alpha value is -4.43. The molecular formula is C33H34FN3O4. The molecule has 8 heteroatoms. The minimum atomic E-state index is -0.234. The predicted octanol–water partition coefficient (Wildman–Crippen LogP) is 5.66. The SMILES string of the molecule is COc1ccc(CNC(=O)c2ccc(CN(C(=O)c3ccco3)C3CCN(Cc4ccc(F)cc4)CC3)cc2)cc1. The van der Waals surface area contributed by atoms with Crippen molar-refractivity contribution in [1.29, 1.82) is 0 Å². The highest BCUT2D eigenvalue weighted by Gasteiger charge is 2.30. The number of furan rings is 1. The fourth-order valence-electron chi connectivity index (χ4n) is 5.13. The fraction of sp³-hybridized carbons (Fsp3) is 0.273. The van der Waals surface area contributed by atoms with Crippen molar-refractivity contribution in [2.75, 3.05) is 20.2 Å². The fourth-order valence-corrected chi connectivity index (χ4v) is 5.13. The van der Waals surface area contributed by atoms with Crippen LogP contribution in [0.3, 0.4) is 0 Å². The average Bonchev–Trinajstić information content (AvgIpc) is 3.56. The number of carbonyl (C=O) groups excluding carboxylic acids is 2. The molecule has 7 nitrogen and oxygen atoms in total. The molecule has 1 fully saturated rings. The van der Waals surface area contributed by atoms with E-state index in [2.05, 4.69) is 10.2 Å². The van der Waals surface area contributed by atoms with Crippen molar-refractivity contribution >= 4 is 11.8 Å². The zero-order valence-electron chi connectivity index (χ0n) is 23.1. The first-order valence-corrected chi connectivity index (χ1v) is 13.8. The highest BCUT2D eigenvalue weighted by atomic mass is 19.1. The van der Waals surface area contributed by atoms with Crippen LogP contribution in [0.15, 0.2) is 95.6 Å². The summed E-state index contributed by atoms with van der Waals surface area (Å²) in [6, 6.07) is 25.0. The van der Waals surface area contributed by atoms with Crippen LogP contribution in [0.5, 0.6) is 5.75 Å². The van der Waals surface area contributed by atoms with Gasteiger partial charge in [-0.3, -0.25) is 14.5 Å². The summed E-state index contributed by atoms with van der Waals surface area (Å²) in [5.41, 5.74) is 3.54. The van der Waals surface area contributed by atoms with Crippen LogP contribution >= 0.6 is 0 Å². The third-order valence-corrected chi connectivity index (χ3v) is 7.49. The lowest BCUT2D eigenvalue weighted by atomic mass is 10.0. The molecule has 0 bridgehead atoms. The monoisotopic (exact) mass is 555 g/mol. The Labute approximate surface area is 239 Å². The Morgan fingerprint density at radius 3 is 2.22 bits per heavy atom. The van der Waals surface area contributed by atoms with E-state index in [4.69, 9.17) is 9.15 Å². The highest BCUT2D eigenvalue weighted by molar-refractivity contribution is 5.94. The second kappa shape index (κ2) is 13.3. The minimum absolute atomic E-state index is 0.0459. The van der Waals surface area contributed by atoms with Crippen molar-refractivity contribution < 1.29 is 23.1 Å². The molecule has 5 rings (SSSR count). The van der Waals surface area contributed by atoms with Gasteiger partial charge in [-0.2, -0.15) is 0 Å². The van der Waals surface area contributed by atoms with Gasteiger partial charge in [0.15, 0.2) is 5.76 Å². The Morgan fingerprint density at radius 2 is 1.59 bits per heavy atom. The summed E-state index contributed by atoms with van der Waals surface area (Å²) < 4.78 is 23.9. The number of carbonyl (C=O) groups is 2. The molecule has 4 aromatic rings. The number of nitrogens with zero attached hydrogens (tertiary/aromatic N) is 2. The molecule has 0 unspecified atom stereocenters. The minimum Gasteiger partial charge on any atom is -0.497 e. The topological polar surface area (TPSA) is 75.0 Å². The number of ether oxygens (including phenoxy) is 1. The van der Waals surface area contributed by atoms with Gasteiger partial charge in [0.2, 0.25) is 0 Å². The normalized spacial score (nSPS) is 14.0. The Bertz CT molecular complexity index is 1410. The van der Waals surface area contributed by atoms with Gasteiger partial charge in [-0.15, -0.1) is 0 Å². The van der Waals surface area contributed by atoms with E-state index in [1.54, 1.807) is 31.4 Å². The summed E-state index contributed by atoms with van der Waals surface area (Å²) in [6.45, 7) is 3.24. The number of amides is 2. The Kier molecular flexibility index (Phi) is 9.11. The van der Waals surface area contributed by atoms with E-state index in [-0.39, 0.29) is 23.7 Å². The highest BCUT2D eigenvalue weighted by Crippen LogP contribution is 2.23. The van der Waals surface area contributed by atoms with Gasteiger partial charge in [-0.1, -0.05) is 36.4 Å². The van der Waals surface area contributed by atoms with Crippen LogP contribution in [0.1, 0.15) is 50.4 Å². The number of piperidine rings is 1. The van der Waals surface area contributed by atoms with Gasteiger partial charge in [-0.25, -0.2) is 4.39 Å². The van der Waals surface area contributed by atoms with Gasteiger partial charge in [0.1, 0.15) is 11.6 Å². The number of halogens is 1. The maximum Gasteiger partial charge on any atom is 0.290 e. The van der Waals surface area contributed by atoms with E-state index in [0.717, 1.165) is 54.9 Å². The van der Waals surface area contributed by atoms with Crippen LogP contribution in [0.25, 0.3) is 0 Å². The van der Waals surface area contributed by atoms with Gasteiger partial charge in [0.05, 0.1) is 13.4 Å². The average molecular weight is 556 g/mol. The quantitative estimate of drug-likeness (QED) is 0.273. The van der Waals surface area contributed by atoms with E-state index in [1.165, 1.54) is 18.4 Å². The summed E-state index contributed by atoms with van der Waals surface area (Å²) in [7, 11) is 1.62. The van der Waals surface area contributed by atoms with E-state index in [9.17, 15) is 14.0 Å². The van der Waals surface area contributed by atoms with E-state index in [1.807, 2.05) is 53.4 Å². The number of methoxy groups -OCH3 is 1. The first-order valence-electron chi connectivity index (χ1n) is 13.8. The molecule has 1 aliphatic heterocycles. The van der Waals surface area contributed by atoms with Crippen molar-refractivity contribution in [1.82, 2.24) is 15.1 Å². The summed E-state index contributed by atoms with van der Waals surface area (Å²) in [6.07, 6.45) is 3.15. The second-order valence-electron chi connectivity index (χ2n) is 10.3. The molecule has 1 aliphatic rings. The summed E-state index contributed by atoms with van der Waals surface area (Å²) >= 11 is 0. The number of hydrogen-bond acceptors (Lipinski definition) is 5. The molecule has 0 radical (unpaired) electrons. The lowest BCUT2D eigenvalue weighted by Crippen LogP contribution is -2.46. The standard InChI is InChI=1S/C33H34FN3O4/c1-40-30-14-8-24(9-15-30)21-35-32(38)27-10-4-26(5-11-27)23-37(33(39)31-3-2-20-41-31)29-16-18-36(19-17-29)22-25-6-12-28(34)13-7-25/h2-15,20,29H,16-19,21-23H2,1H3,(H,35,38). The van der Waals surface area contributed by atoms with Crippen molar-refractivity contribution in [2.45, 2.75) is 38.5 Å². The molecule has 2 heterocycles. The summed E-state index contributed by atoms with van der Waals surface area (Å²) in [5.74, 6) is 0.540. The van der Waals surface area contributed by atoms with Gasteiger partial charge >= 0.3 is 0 Å².